The summed E-state index contributed by atoms with van der Waals surface area (Å²) in [4.78, 5) is 8.58. The van der Waals surface area contributed by atoms with Crippen molar-refractivity contribution in [1.82, 2.24) is 9.97 Å². The maximum atomic E-state index is 13.8. The number of hydrogen-bond acceptors (Lipinski definition) is 2. The summed E-state index contributed by atoms with van der Waals surface area (Å²) in [6.45, 7) is 3.87. The Balaban J connectivity index is 2.36. The quantitative estimate of drug-likeness (QED) is 0.786. The fraction of sp³-hybridized carbons (Fsp3) is 0.286. The topological polar surface area (TPSA) is 25.8 Å². The van der Waals surface area contributed by atoms with Gasteiger partial charge in [0.15, 0.2) is 0 Å². The van der Waals surface area contributed by atoms with E-state index in [1.807, 2.05) is 13.8 Å². The van der Waals surface area contributed by atoms with Gasteiger partial charge in [-0.05, 0) is 25.0 Å². The zero-order chi connectivity index (χ0) is 14.0. The molecule has 19 heavy (non-hydrogen) atoms. The second kappa shape index (κ2) is 5.85. The molecule has 0 aliphatic carbocycles. The molecule has 0 atom stereocenters. The van der Waals surface area contributed by atoms with E-state index in [-0.39, 0.29) is 11.4 Å². The van der Waals surface area contributed by atoms with Crippen molar-refractivity contribution in [3.63, 3.8) is 0 Å². The second-order valence-corrected chi connectivity index (χ2v) is 5.00. The average molecular weight is 299 g/mol. The smallest absolute Gasteiger partial charge is 0.145 e. The third kappa shape index (κ3) is 3.04. The van der Waals surface area contributed by atoms with Gasteiger partial charge in [0.25, 0.3) is 0 Å². The molecule has 1 heterocycles. The molecule has 2 nitrogen and oxygen atoms in total. The fourth-order valence-electron chi connectivity index (χ4n) is 1.95. The molecule has 100 valence electrons. The highest BCUT2D eigenvalue weighted by molar-refractivity contribution is 6.30. The molecule has 0 aliphatic heterocycles. The largest absolute Gasteiger partial charge is 0.237 e. The van der Waals surface area contributed by atoms with Crippen molar-refractivity contribution in [3.05, 3.63) is 56.8 Å². The van der Waals surface area contributed by atoms with Gasteiger partial charge in [0.2, 0.25) is 0 Å². The van der Waals surface area contributed by atoms with Gasteiger partial charge >= 0.3 is 0 Å². The lowest BCUT2D eigenvalue weighted by molar-refractivity contribution is 0.612. The van der Waals surface area contributed by atoms with Crippen molar-refractivity contribution >= 4 is 23.2 Å². The van der Waals surface area contributed by atoms with Gasteiger partial charge in [0.05, 0.1) is 5.02 Å². The Morgan fingerprint density at radius 3 is 2.58 bits per heavy atom. The Morgan fingerprint density at radius 1 is 1.21 bits per heavy atom. The minimum atomic E-state index is -0.430. The molecule has 0 spiro atoms. The van der Waals surface area contributed by atoms with E-state index >= 15 is 0 Å². The Morgan fingerprint density at radius 2 is 1.95 bits per heavy atom. The van der Waals surface area contributed by atoms with Crippen LogP contribution in [0.2, 0.25) is 10.2 Å². The van der Waals surface area contributed by atoms with Crippen LogP contribution < -0.4 is 0 Å². The molecule has 2 rings (SSSR count). The van der Waals surface area contributed by atoms with E-state index in [4.69, 9.17) is 23.2 Å². The summed E-state index contributed by atoms with van der Waals surface area (Å²) in [5, 5.41) is 0.540. The number of nitrogens with zero attached hydrogens (tertiary/aromatic N) is 2. The summed E-state index contributed by atoms with van der Waals surface area (Å²) in [6.07, 6.45) is 1.05. The maximum absolute atomic E-state index is 13.8. The summed E-state index contributed by atoms with van der Waals surface area (Å²) in [5.74, 6) is 0.0713. The Bertz CT molecular complexity index is 591. The number of hydrogen-bond donors (Lipinski definition) is 0. The lowest BCUT2D eigenvalue weighted by atomic mass is 10.1. The number of benzene rings is 1. The molecule has 5 heteroatoms. The molecule has 0 saturated carbocycles. The van der Waals surface area contributed by atoms with Gasteiger partial charge in [-0.2, -0.15) is 0 Å². The van der Waals surface area contributed by atoms with Crippen LogP contribution in [0.1, 0.15) is 29.6 Å². The van der Waals surface area contributed by atoms with Gasteiger partial charge in [0.1, 0.15) is 16.8 Å². The minimum Gasteiger partial charge on any atom is -0.237 e. The summed E-state index contributed by atoms with van der Waals surface area (Å²) >= 11 is 11.8. The van der Waals surface area contributed by atoms with E-state index < -0.39 is 5.82 Å². The SMILES string of the molecule is CCc1c(C)nc(Cc2cccc(Cl)c2F)nc1Cl. The summed E-state index contributed by atoms with van der Waals surface area (Å²) < 4.78 is 13.8. The van der Waals surface area contributed by atoms with Crippen LogP contribution >= 0.6 is 23.2 Å². The highest BCUT2D eigenvalue weighted by Gasteiger charge is 2.12. The van der Waals surface area contributed by atoms with Crippen molar-refractivity contribution in [2.75, 3.05) is 0 Å². The molecule has 0 radical (unpaired) electrons. The number of halogens is 3. The normalized spacial score (nSPS) is 10.8. The highest BCUT2D eigenvalue weighted by atomic mass is 35.5. The van der Waals surface area contributed by atoms with Gasteiger partial charge in [0, 0.05) is 17.7 Å². The Labute approximate surface area is 121 Å². The van der Waals surface area contributed by atoms with Crippen molar-refractivity contribution in [3.8, 4) is 0 Å². The van der Waals surface area contributed by atoms with Crippen LogP contribution in [-0.4, -0.2) is 9.97 Å². The van der Waals surface area contributed by atoms with Gasteiger partial charge in [-0.1, -0.05) is 42.3 Å². The van der Waals surface area contributed by atoms with Crippen LogP contribution in [0.5, 0.6) is 0 Å². The lowest BCUT2D eigenvalue weighted by Gasteiger charge is -2.08. The van der Waals surface area contributed by atoms with E-state index in [0.717, 1.165) is 17.7 Å². The Kier molecular flexibility index (Phi) is 4.38. The predicted molar refractivity (Wildman–Crippen MR) is 75.4 cm³/mol. The molecule has 0 unspecified atom stereocenters. The molecule has 0 N–H and O–H groups in total. The van der Waals surface area contributed by atoms with E-state index in [1.165, 1.54) is 6.07 Å². The fourth-order valence-corrected chi connectivity index (χ4v) is 2.51. The first-order valence-corrected chi connectivity index (χ1v) is 6.73. The molecule has 0 saturated heterocycles. The molecule has 0 bridgehead atoms. The van der Waals surface area contributed by atoms with Crippen LogP contribution in [0.3, 0.4) is 0 Å². The molecular weight excluding hydrogens is 286 g/mol. The van der Waals surface area contributed by atoms with Gasteiger partial charge in [-0.15, -0.1) is 0 Å². The second-order valence-electron chi connectivity index (χ2n) is 4.24. The third-order valence-corrected chi connectivity index (χ3v) is 3.55. The first-order valence-electron chi connectivity index (χ1n) is 5.97. The van der Waals surface area contributed by atoms with Crippen LogP contribution in [0.25, 0.3) is 0 Å². The first-order chi connectivity index (χ1) is 9.02. The predicted octanol–water partition coefficient (Wildman–Crippen LogP) is 4.38. The standard InChI is InChI=1S/C14H13Cl2FN2/c1-3-10-8(2)18-12(19-14(10)16)7-9-5-4-6-11(15)13(9)17/h4-6H,3,7H2,1-2H3. The molecular formula is C14H13Cl2FN2. The molecule has 1 aromatic carbocycles. The zero-order valence-corrected chi connectivity index (χ0v) is 12.2. The van der Waals surface area contributed by atoms with Crippen molar-refractivity contribution in [2.24, 2.45) is 0 Å². The van der Waals surface area contributed by atoms with Gasteiger partial charge in [-0.3, -0.25) is 0 Å². The monoisotopic (exact) mass is 298 g/mol. The van der Waals surface area contributed by atoms with E-state index in [1.54, 1.807) is 12.1 Å². The van der Waals surface area contributed by atoms with Gasteiger partial charge < -0.3 is 0 Å². The molecule has 2 aromatic rings. The zero-order valence-electron chi connectivity index (χ0n) is 10.7. The minimum absolute atomic E-state index is 0.102. The summed E-state index contributed by atoms with van der Waals surface area (Å²) in [5.41, 5.74) is 2.23. The third-order valence-electron chi connectivity index (χ3n) is 2.94. The van der Waals surface area contributed by atoms with Crippen LogP contribution in [-0.2, 0) is 12.8 Å². The average Bonchev–Trinajstić information content (AvgIpc) is 2.35. The van der Waals surface area contributed by atoms with Crippen molar-refractivity contribution in [1.29, 1.82) is 0 Å². The van der Waals surface area contributed by atoms with Gasteiger partial charge in [-0.25, -0.2) is 14.4 Å². The number of aryl methyl sites for hydroxylation is 1. The van der Waals surface area contributed by atoms with Crippen LogP contribution in [0.15, 0.2) is 18.2 Å². The summed E-state index contributed by atoms with van der Waals surface area (Å²) in [7, 11) is 0. The van der Waals surface area contributed by atoms with E-state index in [2.05, 4.69) is 9.97 Å². The van der Waals surface area contributed by atoms with Crippen LogP contribution in [0, 0.1) is 12.7 Å². The molecule has 0 fully saturated rings. The molecule has 0 aliphatic rings. The number of rotatable bonds is 3. The Hall–Kier alpha value is -1.19. The molecule has 0 amide bonds. The number of aromatic nitrogens is 2. The van der Waals surface area contributed by atoms with Crippen molar-refractivity contribution < 1.29 is 4.39 Å². The first kappa shape index (κ1) is 14.2. The van der Waals surface area contributed by atoms with Crippen molar-refractivity contribution in [2.45, 2.75) is 26.7 Å². The van der Waals surface area contributed by atoms with E-state index in [0.29, 0.717) is 16.5 Å². The highest BCUT2D eigenvalue weighted by Crippen LogP contribution is 2.22. The maximum Gasteiger partial charge on any atom is 0.145 e. The van der Waals surface area contributed by atoms with Crippen LogP contribution in [0.4, 0.5) is 4.39 Å². The molecule has 1 aromatic heterocycles. The lowest BCUT2D eigenvalue weighted by Crippen LogP contribution is -2.04. The summed E-state index contributed by atoms with van der Waals surface area (Å²) in [6, 6.07) is 4.89. The van der Waals surface area contributed by atoms with E-state index in [9.17, 15) is 4.39 Å².